The van der Waals surface area contributed by atoms with Gasteiger partial charge in [-0.25, -0.2) is 4.98 Å². The zero-order valence-corrected chi connectivity index (χ0v) is 8.64. The summed E-state index contributed by atoms with van der Waals surface area (Å²) in [4.78, 5) is 17.5. The molecule has 0 saturated carbocycles. The normalized spacial score (nSPS) is 8.62. The fourth-order valence-corrected chi connectivity index (χ4v) is 0.765. The standard InChI is InChI=1S/C7H11N3O.C2H6/c1-5-3-9-7(10-5)4-8-6(2)11;1-2/h3H,4H2,1-2H3,(H,8,11)(H,9,10);1-2H3. The molecule has 0 aliphatic carbocycles. The van der Waals surface area contributed by atoms with E-state index in [4.69, 9.17) is 0 Å². The number of rotatable bonds is 2. The average Bonchev–Trinajstić information content (AvgIpc) is 2.52. The molecule has 0 radical (unpaired) electrons. The smallest absolute Gasteiger partial charge is 0.217 e. The molecule has 13 heavy (non-hydrogen) atoms. The van der Waals surface area contributed by atoms with Crippen LogP contribution in [0.4, 0.5) is 0 Å². The van der Waals surface area contributed by atoms with Gasteiger partial charge in [0.2, 0.25) is 5.91 Å². The SMILES string of the molecule is CC.CC(=O)NCc1ncc(C)[nH]1. The minimum absolute atomic E-state index is 0.0425. The highest BCUT2D eigenvalue weighted by molar-refractivity contribution is 5.72. The molecular formula is C9H17N3O. The van der Waals surface area contributed by atoms with E-state index >= 15 is 0 Å². The van der Waals surface area contributed by atoms with Gasteiger partial charge >= 0.3 is 0 Å². The van der Waals surface area contributed by atoms with E-state index in [0.717, 1.165) is 11.5 Å². The Kier molecular flexibility index (Phi) is 5.59. The zero-order chi connectivity index (χ0) is 10.3. The van der Waals surface area contributed by atoms with Gasteiger partial charge in [-0.3, -0.25) is 4.79 Å². The van der Waals surface area contributed by atoms with Crippen LogP contribution >= 0.6 is 0 Å². The van der Waals surface area contributed by atoms with E-state index in [1.165, 1.54) is 6.92 Å². The summed E-state index contributed by atoms with van der Waals surface area (Å²) in [6.45, 7) is 7.88. The maximum absolute atomic E-state index is 10.5. The molecule has 1 rings (SSSR count). The van der Waals surface area contributed by atoms with Crippen LogP contribution in [0.2, 0.25) is 0 Å². The Morgan fingerprint density at radius 1 is 1.62 bits per heavy atom. The number of hydrogen-bond donors (Lipinski definition) is 2. The van der Waals surface area contributed by atoms with Gasteiger partial charge in [-0.2, -0.15) is 0 Å². The number of hydrogen-bond acceptors (Lipinski definition) is 2. The summed E-state index contributed by atoms with van der Waals surface area (Å²) in [5.74, 6) is 0.747. The van der Waals surface area contributed by atoms with E-state index in [1.807, 2.05) is 20.8 Å². The maximum Gasteiger partial charge on any atom is 0.217 e. The van der Waals surface area contributed by atoms with Gasteiger partial charge in [0.1, 0.15) is 5.82 Å². The number of H-pyrrole nitrogens is 1. The Bertz CT molecular complexity index is 255. The molecule has 1 aromatic heterocycles. The quantitative estimate of drug-likeness (QED) is 0.727. The minimum atomic E-state index is -0.0425. The highest BCUT2D eigenvalue weighted by atomic mass is 16.1. The number of aryl methyl sites for hydroxylation is 1. The monoisotopic (exact) mass is 183 g/mol. The van der Waals surface area contributed by atoms with Crippen molar-refractivity contribution in [3.05, 3.63) is 17.7 Å². The minimum Gasteiger partial charge on any atom is -0.349 e. The largest absolute Gasteiger partial charge is 0.349 e. The molecule has 1 amide bonds. The van der Waals surface area contributed by atoms with Gasteiger partial charge < -0.3 is 10.3 Å². The van der Waals surface area contributed by atoms with Crippen molar-refractivity contribution in [1.29, 1.82) is 0 Å². The molecule has 0 fully saturated rings. The lowest BCUT2D eigenvalue weighted by Gasteiger charge is -1.96. The number of aromatic amines is 1. The lowest BCUT2D eigenvalue weighted by Crippen LogP contribution is -2.19. The maximum atomic E-state index is 10.5. The van der Waals surface area contributed by atoms with E-state index in [2.05, 4.69) is 15.3 Å². The van der Waals surface area contributed by atoms with Crippen LogP contribution in [0.25, 0.3) is 0 Å². The van der Waals surface area contributed by atoms with Crippen LogP contribution in [0.5, 0.6) is 0 Å². The van der Waals surface area contributed by atoms with Gasteiger partial charge in [-0.15, -0.1) is 0 Å². The van der Waals surface area contributed by atoms with E-state index in [9.17, 15) is 4.79 Å². The molecule has 0 aromatic carbocycles. The zero-order valence-electron chi connectivity index (χ0n) is 8.64. The second-order valence-corrected chi connectivity index (χ2v) is 2.42. The first-order valence-electron chi connectivity index (χ1n) is 4.43. The number of carbonyl (C=O) groups excluding carboxylic acids is 1. The third-order valence-electron chi connectivity index (χ3n) is 1.26. The predicted octanol–water partition coefficient (Wildman–Crippen LogP) is 1.38. The van der Waals surface area contributed by atoms with Crippen LogP contribution < -0.4 is 5.32 Å². The molecule has 1 heterocycles. The fraction of sp³-hybridized carbons (Fsp3) is 0.556. The molecular weight excluding hydrogens is 166 g/mol. The van der Waals surface area contributed by atoms with Crippen molar-refractivity contribution in [3.63, 3.8) is 0 Å². The summed E-state index contributed by atoms with van der Waals surface area (Å²) in [7, 11) is 0. The Hall–Kier alpha value is -1.32. The van der Waals surface area contributed by atoms with Crippen LogP contribution in [0.1, 0.15) is 32.3 Å². The topological polar surface area (TPSA) is 57.8 Å². The number of nitrogens with one attached hydrogen (secondary N) is 2. The van der Waals surface area contributed by atoms with E-state index in [1.54, 1.807) is 6.20 Å². The summed E-state index contributed by atoms with van der Waals surface area (Å²) >= 11 is 0. The van der Waals surface area contributed by atoms with Crippen LogP contribution in [0, 0.1) is 6.92 Å². The summed E-state index contributed by atoms with van der Waals surface area (Å²) in [6, 6.07) is 0. The molecule has 0 spiro atoms. The van der Waals surface area contributed by atoms with Gasteiger partial charge in [0, 0.05) is 18.8 Å². The second kappa shape index (κ2) is 6.22. The molecule has 74 valence electrons. The molecule has 0 aliphatic rings. The van der Waals surface area contributed by atoms with Crippen molar-refractivity contribution < 1.29 is 4.79 Å². The third kappa shape index (κ3) is 5.00. The second-order valence-electron chi connectivity index (χ2n) is 2.42. The lowest BCUT2D eigenvalue weighted by atomic mass is 10.5. The van der Waals surface area contributed by atoms with Crippen molar-refractivity contribution >= 4 is 5.91 Å². The van der Waals surface area contributed by atoms with Crippen molar-refractivity contribution in [2.75, 3.05) is 0 Å². The number of carbonyl (C=O) groups is 1. The Balaban J connectivity index is 0.000000671. The molecule has 0 bridgehead atoms. The molecule has 0 aliphatic heterocycles. The van der Waals surface area contributed by atoms with Gasteiger partial charge in [-0.1, -0.05) is 13.8 Å². The molecule has 2 N–H and O–H groups in total. The van der Waals surface area contributed by atoms with Crippen LogP contribution in [-0.4, -0.2) is 15.9 Å². The molecule has 4 heteroatoms. The third-order valence-corrected chi connectivity index (χ3v) is 1.26. The predicted molar refractivity (Wildman–Crippen MR) is 52.2 cm³/mol. The molecule has 1 aromatic rings. The summed E-state index contributed by atoms with van der Waals surface area (Å²) < 4.78 is 0. The van der Waals surface area contributed by atoms with Gasteiger partial charge in [0.15, 0.2) is 0 Å². The molecule has 0 unspecified atom stereocenters. The number of amides is 1. The lowest BCUT2D eigenvalue weighted by molar-refractivity contribution is -0.119. The average molecular weight is 183 g/mol. The first kappa shape index (κ1) is 11.7. The van der Waals surface area contributed by atoms with Gasteiger partial charge in [-0.05, 0) is 6.92 Å². The molecule has 0 atom stereocenters. The van der Waals surface area contributed by atoms with E-state index < -0.39 is 0 Å². The number of aromatic nitrogens is 2. The van der Waals surface area contributed by atoms with Gasteiger partial charge in [0.25, 0.3) is 0 Å². The van der Waals surface area contributed by atoms with E-state index in [-0.39, 0.29) is 5.91 Å². The Morgan fingerprint density at radius 3 is 2.62 bits per heavy atom. The van der Waals surface area contributed by atoms with Crippen LogP contribution in [0.15, 0.2) is 6.20 Å². The van der Waals surface area contributed by atoms with E-state index in [0.29, 0.717) is 6.54 Å². The van der Waals surface area contributed by atoms with Crippen molar-refractivity contribution in [2.45, 2.75) is 34.2 Å². The summed E-state index contributed by atoms with van der Waals surface area (Å²) in [6.07, 6.45) is 1.73. The Labute approximate surface area is 78.8 Å². The van der Waals surface area contributed by atoms with Crippen LogP contribution in [0.3, 0.4) is 0 Å². The highest BCUT2D eigenvalue weighted by Crippen LogP contribution is 1.93. The van der Waals surface area contributed by atoms with Crippen molar-refractivity contribution in [1.82, 2.24) is 15.3 Å². The summed E-state index contributed by atoms with van der Waals surface area (Å²) in [5, 5.41) is 2.64. The summed E-state index contributed by atoms with van der Waals surface area (Å²) in [5.41, 5.74) is 1.00. The molecule has 4 nitrogen and oxygen atoms in total. The number of nitrogens with zero attached hydrogens (tertiary/aromatic N) is 1. The molecule has 0 saturated heterocycles. The number of imidazole rings is 1. The first-order chi connectivity index (χ1) is 6.18. The Morgan fingerprint density at radius 2 is 2.23 bits per heavy atom. The van der Waals surface area contributed by atoms with Crippen LogP contribution in [-0.2, 0) is 11.3 Å². The highest BCUT2D eigenvalue weighted by Gasteiger charge is 1.96. The van der Waals surface area contributed by atoms with Crippen molar-refractivity contribution in [3.8, 4) is 0 Å². The van der Waals surface area contributed by atoms with Gasteiger partial charge in [0.05, 0.1) is 6.54 Å². The fourth-order valence-electron chi connectivity index (χ4n) is 0.765. The first-order valence-corrected chi connectivity index (χ1v) is 4.43. The van der Waals surface area contributed by atoms with Crippen molar-refractivity contribution in [2.24, 2.45) is 0 Å².